The molecule has 1 N–H and O–H groups in total. The molecule has 0 saturated carbocycles. The Morgan fingerprint density at radius 2 is 1.73 bits per heavy atom. The molecule has 0 spiro atoms. The molecule has 1 rings (SSSR count). The van der Waals surface area contributed by atoms with Gasteiger partial charge in [-0.1, -0.05) is 11.6 Å². The summed E-state index contributed by atoms with van der Waals surface area (Å²) in [7, 11) is -3.70. The predicted molar refractivity (Wildman–Crippen MR) is 60.0 cm³/mol. The molecule has 0 saturated heterocycles. The van der Waals surface area contributed by atoms with E-state index in [2.05, 4.69) is 0 Å². The van der Waals surface area contributed by atoms with E-state index >= 15 is 0 Å². The third-order valence-corrected chi connectivity index (χ3v) is 5.05. The van der Waals surface area contributed by atoms with Crippen LogP contribution in [0.5, 0.6) is 0 Å². The molecule has 2 atom stereocenters. The molecule has 0 aromatic heterocycles. The molecule has 0 heterocycles. The largest absolute Gasteiger partial charge is 0.391 e. The number of aliphatic hydroxyl groups excluding tert-OH is 1. The maximum atomic E-state index is 11.7. The predicted octanol–water partition coefficient (Wildman–Crippen LogP) is 2.06. The van der Waals surface area contributed by atoms with Gasteiger partial charge in [-0.2, -0.15) is 0 Å². The summed E-state index contributed by atoms with van der Waals surface area (Å²) in [6.07, 6.45) is -1.13. The van der Waals surface area contributed by atoms with Gasteiger partial charge in [0.1, 0.15) is 0 Å². The van der Waals surface area contributed by atoms with Crippen LogP contribution < -0.4 is 0 Å². The van der Waals surface area contributed by atoms with Crippen LogP contribution in [-0.4, -0.2) is 24.3 Å². The van der Waals surface area contributed by atoms with Crippen molar-refractivity contribution in [3.05, 3.63) is 29.3 Å². The minimum absolute atomic E-state index is 0.0489. The first-order chi connectivity index (χ1) is 6.85. The molecular weight excluding hydrogens is 259 g/mol. The summed E-state index contributed by atoms with van der Waals surface area (Å²) in [6.45, 7) is 1.32. The Labute approximate surface area is 98.6 Å². The highest BCUT2D eigenvalue weighted by Crippen LogP contribution is 2.22. The summed E-state index contributed by atoms with van der Waals surface area (Å²) in [6, 6.07) is 5.63. The quantitative estimate of drug-likeness (QED) is 0.854. The number of benzene rings is 1. The summed E-state index contributed by atoms with van der Waals surface area (Å²) in [5.41, 5.74) is 0. The molecule has 1 aromatic carbocycles. The monoisotopic (exact) mass is 268 g/mol. The number of halogens is 2. The van der Waals surface area contributed by atoms with Gasteiger partial charge in [-0.05, 0) is 31.2 Å². The van der Waals surface area contributed by atoms with Crippen LogP contribution in [0, 0.1) is 0 Å². The first-order valence-corrected chi connectivity index (χ1v) is 6.53. The average molecular weight is 269 g/mol. The van der Waals surface area contributed by atoms with Crippen LogP contribution in [0.4, 0.5) is 0 Å². The summed E-state index contributed by atoms with van der Waals surface area (Å²) < 4.78 is 22.2. The van der Waals surface area contributed by atoms with Gasteiger partial charge in [0.2, 0.25) is 0 Å². The lowest BCUT2D eigenvalue weighted by molar-refractivity contribution is 0.208. The Balaban J connectivity index is 3.12. The van der Waals surface area contributed by atoms with Gasteiger partial charge in [-0.3, -0.25) is 0 Å². The normalized spacial score (nSPS) is 16.0. The van der Waals surface area contributed by atoms with Gasteiger partial charge >= 0.3 is 0 Å². The third kappa shape index (κ3) is 2.84. The van der Waals surface area contributed by atoms with E-state index in [0.717, 1.165) is 0 Å². The van der Waals surface area contributed by atoms with Crippen LogP contribution in [0.15, 0.2) is 29.2 Å². The molecular formula is C9H10Cl2O3S. The molecule has 84 valence electrons. The van der Waals surface area contributed by atoms with Crippen molar-refractivity contribution in [2.24, 2.45) is 0 Å². The van der Waals surface area contributed by atoms with Gasteiger partial charge in [0.05, 0.1) is 11.0 Å². The average Bonchev–Trinajstić information content (AvgIpc) is 2.17. The SMILES string of the molecule is CC(O)C(Cl)S(=O)(=O)c1ccc(Cl)cc1. The van der Waals surface area contributed by atoms with E-state index in [1.165, 1.54) is 31.2 Å². The second-order valence-corrected chi connectivity index (χ2v) is 6.33. The Hall–Kier alpha value is -0.290. The second-order valence-electron chi connectivity index (χ2n) is 3.09. The topological polar surface area (TPSA) is 54.4 Å². The first kappa shape index (κ1) is 12.8. The first-order valence-electron chi connectivity index (χ1n) is 4.17. The molecule has 0 amide bonds. The second kappa shape index (κ2) is 4.70. The van der Waals surface area contributed by atoms with Crippen molar-refractivity contribution in [1.29, 1.82) is 0 Å². The van der Waals surface area contributed by atoms with Crippen molar-refractivity contribution in [3.8, 4) is 0 Å². The smallest absolute Gasteiger partial charge is 0.197 e. The highest BCUT2D eigenvalue weighted by atomic mass is 35.5. The number of hydrogen-bond donors (Lipinski definition) is 1. The zero-order valence-electron chi connectivity index (χ0n) is 7.89. The van der Waals surface area contributed by atoms with Crippen molar-refractivity contribution in [2.75, 3.05) is 0 Å². The van der Waals surface area contributed by atoms with Crippen molar-refractivity contribution < 1.29 is 13.5 Å². The van der Waals surface area contributed by atoms with Gasteiger partial charge in [0.15, 0.2) is 14.5 Å². The molecule has 0 radical (unpaired) electrons. The van der Waals surface area contributed by atoms with Gasteiger partial charge in [-0.25, -0.2) is 8.42 Å². The molecule has 0 aliphatic rings. The fourth-order valence-corrected chi connectivity index (χ4v) is 2.74. The number of rotatable bonds is 3. The van der Waals surface area contributed by atoms with Crippen LogP contribution in [0.3, 0.4) is 0 Å². The Bertz CT molecular complexity index is 425. The van der Waals surface area contributed by atoms with Crippen molar-refractivity contribution in [2.45, 2.75) is 22.6 Å². The maximum absolute atomic E-state index is 11.7. The molecule has 0 aliphatic heterocycles. The highest BCUT2D eigenvalue weighted by molar-refractivity contribution is 7.93. The Kier molecular flexibility index (Phi) is 4.00. The lowest BCUT2D eigenvalue weighted by Gasteiger charge is -2.13. The van der Waals surface area contributed by atoms with Gasteiger partial charge in [0.25, 0.3) is 0 Å². The van der Waals surface area contributed by atoms with Crippen LogP contribution in [0.25, 0.3) is 0 Å². The summed E-state index contributed by atoms with van der Waals surface area (Å²) in [5, 5.41) is 9.58. The molecule has 6 heteroatoms. The molecule has 2 unspecified atom stereocenters. The number of sulfone groups is 1. The van der Waals surface area contributed by atoms with Crippen LogP contribution in [0.2, 0.25) is 5.02 Å². The van der Waals surface area contributed by atoms with Crippen molar-refractivity contribution in [3.63, 3.8) is 0 Å². The highest BCUT2D eigenvalue weighted by Gasteiger charge is 2.29. The molecule has 1 aromatic rings. The number of hydrogen-bond acceptors (Lipinski definition) is 3. The standard InChI is InChI=1S/C9H10Cl2O3S/c1-6(12)9(11)15(13,14)8-4-2-7(10)3-5-8/h2-6,9,12H,1H3. The maximum Gasteiger partial charge on any atom is 0.197 e. The van der Waals surface area contributed by atoms with Gasteiger partial charge in [-0.15, -0.1) is 11.6 Å². The van der Waals surface area contributed by atoms with Crippen LogP contribution >= 0.6 is 23.2 Å². The van der Waals surface area contributed by atoms with Crippen LogP contribution in [0.1, 0.15) is 6.92 Å². The fraction of sp³-hybridized carbons (Fsp3) is 0.333. The van der Waals surface area contributed by atoms with Gasteiger partial charge in [0, 0.05) is 5.02 Å². The number of aliphatic hydroxyl groups is 1. The van der Waals surface area contributed by atoms with Crippen LogP contribution in [-0.2, 0) is 9.84 Å². The fourth-order valence-electron chi connectivity index (χ4n) is 1.01. The molecule has 0 fully saturated rings. The van der Waals surface area contributed by atoms with Crippen molar-refractivity contribution >= 4 is 33.0 Å². The minimum Gasteiger partial charge on any atom is -0.391 e. The molecule has 0 bridgehead atoms. The zero-order valence-corrected chi connectivity index (χ0v) is 10.2. The van der Waals surface area contributed by atoms with E-state index < -0.39 is 20.7 Å². The van der Waals surface area contributed by atoms with E-state index in [4.69, 9.17) is 28.3 Å². The van der Waals surface area contributed by atoms with E-state index in [1.807, 2.05) is 0 Å². The summed E-state index contributed by atoms with van der Waals surface area (Å²) in [5.74, 6) is 0. The van der Waals surface area contributed by atoms with E-state index in [9.17, 15) is 8.42 Å². The summed E-state index contributed by atoms with van der Waals surface area (Å²) >= 11 is 11.2. The Morgan fingerprint density at radius 3 is 2.13 bits per heavy atom. The zero-order chi connectivity index (χ0) is 11.6. The molecule has 15 heavy (non-hydrogen) atoms. The summed E-state index contributed by atoms with van der Waals surface area (Å²) in [4.78, 5) is 0.0489. The van der Waals surface area contributed by atoms with E-state index in [1.54, 1.807) is 0 Å². The van der Waals surface area contributed by atoms with Crippen molar-refractivity contribution in [1.82, 2.24) is 0 Å². The van der Waals surface area contributed by atoms with E-state index in [-0.39, 0.29) is 4.90 Å². The van der Waals surface area contributed by atoms with E-state index in [0.29, 0.717) is 5.02 Å². The number of alkyl halides is 1. The minimum atomic E-state index is -3.70. The lowest BCUT2D eigenvalue weighted by Crippen LogP contribution is -2.26. The lowest BCUT2D eigenvalue weighted by atomic mass is 10.4. The molecule has 3 nitrogen and oxygen atoms in total. The third-order valence-electron chi connectivity index (χ3n) is 1.82. The molecule has 0 aliphatic carbocycles. The Morgan fingerprint density at radius 1 is 1.27 bits per heavy atom. The van der Waals surface area contributed by atoms with Gasteiger partial charge < -0.3 is 5.11 Å².